The summed E-state index contributed by atoms with van der Waals surface area (Å²) in [6.45, 7) is 10.1. The molecular weight excluding hydrogens is 212 g/mol. The van der Waals surface area contributed by atoms with E-state index >= 15 is 0 Å². The Kier molecular flexibility index (Phi) is 8.23. The maximum atomic E-state index is 11.8. The van der Waals surface area contributed by atoms with Crippen molar-refractivity contribution in [2.24, 2.45) is 11.3 Å². The molecule has 0 fully saturated rings. The first-order chi connectivity index (χ1) is 7.93. The van der Waals surface area contributed by atoms with Crippen LogP contribution in [0.4, 0.5) is 0 Å². The zero-order valence-corrected chi connectivity index (χ0v) is 12.2. The van der Waals surface area contributed by atoms with E-state index in [0.717, 1.165) is 13.1 Å². The van der Waals surface area contributed by atoms with E-state index in [-0.39, 0.29) is 17.2 Å². The molecule has 3 heteroatoms. The summed E-state index contributed by atoms with van der Waals surface area (Å²) in [6, 6.07) is 0. The number of unbranched alkanes of at least 4 members (excludes halogenated alkanes) is 2. The van der Waals surface area contributed by atoms with Gasteiger partial charge in [0.2, 0.25) is 5.91 Å². The summed E-state index contributed by atoms with van der Waals surface area (Å²) in [7, 11) is 1.87. The van der Waals surface area contributed by atoms with Crippen molar-refractivity contribution in [3.05, 3.63) is 0 Å². The SMILES string of the molecule is CCCCCC(C)(C)CNC(=O)C(C)CNC. The molecule has 0 aliphatic carbocycles. The molecule has 1 unspecified atom stereocenters. The molecule has 0 saturated heterocycles. The van der Waals surface area contributed by atoms with Gasteiger partial charge in [0.25, 0.3) is 0 Å². The van der Waals surface area contributed by atoms with E-state index in [1.54, 1.807) is 0 Å². The molecule has 0 aliphatic heterocycles. The molecule has 0 rings (SSSR count). The van der Waals surface area contributed by atoms with E-state index in [9.17, 15) is 4.79 Å². The quantitative estimate of drug-likeness (QED) is 0.610. The first-order valence-electron chi connectivity index (χ1n) is 6.85. The third-order valence-electron chi connectivity index (χ3n) is 3.16. The fraction of sp³-hybridized carbons (Fsp3) is 0.929. The van der Waals surface area contributed by atoms with Crippen molar-refractivity contribution in [2.45, 2.75) is 53.4 Å². The smallest absolute Gasteiger partial charge is 0.224 e. The van der Waals surface area contributed by atoms with Crippen LogP contribution in [0.5, 0.6) is 0 Å². The standard InChI is InChI=1S/C14H30N2O/c1-6-7-8-9-14(3,4)11-16-13(17)12(2)10-15-5/h12,15H,6-11H2,1-5H3,(H,16,17). The molecular formula is C14H30N2O. The van der Waals surface area contributed by atoms with Crippen LogP contribution in [-0.2, 0) is 4.79 Å². The Hall–Kier alpha value is -0.570. The Labute approximate surface area is 107 Å². The fourth-order valence-electron chi connectivity index (χ4n) is 1.84. The van der Waals surface area contributed by atoms with Gasteiger partial charge in [-0.2, -0.15) is 0 Å². The molecule has 1 atom stereocenters. The number of carbonyl (C=O) groups is 1. The highest BCUT2D eigenvalue weighted by atomic mass is 16.1. The summed E-state index contributed by atoms with van der Waals surface area (Å²) in [5.41, 5.74) is 0.212. The summed E-state index contributed by atoms with van der Waals surface area (Å²) in [4.78, 5) is 11.8. The second-order valence-electron chi connectivity index (χ2n) is 5.80. The summed E-state index contributed by atoms with van der Waals surface area (Å²) in [5, 5.41) is 6.08. The summed E-state index contributed by atoms with van der Waals surface area (Å²) >= 11 is 0. The van der Waals surface area contributed by atoms with E-state index in [1.165, 1.54) is 25.7 Å². The van der Waals surface area contributed by atoms with Gasteiger partial charge in [0.05, 0.1) is 0 Å². The number of hydrogen-bond acceptors (Lipinski definition) is 2. The van der Waals surface area contributed by atoms with Crippen LogP contribution < -0.4 is 10.6 Å². The molecule has 0 aliphatic rings. The van der Waals surface area contributed by atoms with Crippen molar-refractivity contribution < 1.29 is 4.79 Å². The van der Waals surface area contributed by atoms with Crippen LogP contribution in [0.15, 0.2) is 0 Å². The van der Waals surface area contributed by atoms with Crippen LogP contribution in [0, 0.1) is 11.3 Å². The second-order valence-corrected chi connectivity index (χ2v) is 5.80. The highest BCUT2D eigenvalue weighted by Crippen LogP contribution is 2.22. The molecule has 102 valence electrons. The maximum Gasteiger partial charge on any atom is 0.224 e. The van der Waals surface area contributed by atoms with Gasteiger partial charge in [0, 0.05) is 19.0 Å². The van der Waals surface area contributed by atoms with Gasteiger partial charge < -0.3 is 10.6 Å². The predicted octanol–water partition coefficient (Wildman–Crippen LogP) is 2.56. The van der Waals surface area contributed by atoms with Crippen molar-refractivity contribution in [1.29, 1.82) is 0 Å². The lowest BCUT2D eigenvalue weighted by molar-refractivity contribution is -0.124. The van der Waals surface area contributed by atoms with Crippen LogP contribution in [0.25, 0.3) is 0 Å². The van der Waals surface area contributed by atoms with Crippen LogP contribution >= 0.6 is 0 Å². The highest BCUT2D eigenvalue weighted by Gasteiger charge is 2.20. The third kappa shape index (κ3) is 8.19. The zero-order chi connectivity index (χ0) is 13.3. The largest absolute Gasteiger partial charge is 0.355 e. The van der Waals surface area contributed by atoms with Gasteiger partial charge in [0.1, 0.15) is 0 Å². The Morgan fingerprint density at radius 1 is 1.29 bits per heavy atom. The lowest BCUT2D eigenvalue weighted by Crippen LogP contribution is -2.39. The molecule has 17 heavy (non-hydrogen) atoms. The second kappa shape index (κ2) is 8.51. The van der Waals surface area contributed by atoms with Gasteiger partial charge in [-0.15, -0.1) is 0 Å². The van der Waals surface area contributed by atoms with Crippen molar-refractivity contribution in [2.75, 3.05) is 20.1 Å². The van der Waals surface area contributed by atoms with E-state index in [2.05, 4.69) is 31.4 Å². The van der Waals surface area contributed by atoms with Crippen LogP contribution in [0.1, 0.15) is 53.4 Å². The Bertz CT molecular complexity index is 214. The minimum absolute atomic E-state index is 0.0476. The molecule has 1 amide bonds. The van der Waals surface area contributed by atoms with Crippen molar-refractivity contribution in [1.82, 2.24) is 10.6 Å². The van der Waals surface area contributed by atoms with Gasteiger partial charge in [-0.25, -0.2) is 0 Å². The lowest BCUT2D eigenvalue weighted by Gasteiger charge is -2.25. The van der Waals surface area contributed by atoms with Gasteiger partial charge in [-0.05, 0) is 18.9 Å². The number of nitrogens with one attached hydrogen (secondary N) is 2. The molecule has 0 heterocycles. The average Bonchev–Trinajstić information content (AvgIpc) is 2.26. The maximum absolute atomic E-state index is 11.8. The van der Waals surface area contributed by atoms with Gasteiger partial charge in [0.15, 0.2) is 0 Å². The number of carbonyl (C=O) groups excluding carboxylic acids is 1. The minimum Gasteiger partial charge on any atom is -0.355 e. The average molecular weight is 242 g/mol. The minimum atomic E-state index is 0.0476. The predicted molar refractivity (Wildman–Crippen MR) is 74.0 cm³/mol. The van der Waals surface area contributed by atoms with Crippen LogP contribution in [-0.4, -0.2) is 26.0 Å². The summed E-state index contributed by atoms with van der Waals surface area (Å²) < 4.78 is 0. The van der Waals surface area contributed by atoms with Crippen LogP contribution in [0.2, 0.25) is 0 Å². The first kappa shape index (κ1) is 16.4. The number of amides is 1. The molecule has 3 nitrogen and oxygen atoms in total. The van der Waals surface area contributed by atoms with Crippen molar-refractivity contribution >= 4 is 5.91 Å². The molecule has 0 aromatic carbocycles. The first-order valence-corrected chi connectivity index (χ1v) is 6.85. The van der Waals surface area contributed by atoms with Gasteiger partial charge in [-0.1, -0.05) is 47.0 Å². The van der Waals surface area contributed by atoms with E-state index in [4.69, 9.17) is 0 Å². The molecule has 2 N–H and O–H groups in total. The van der Waals surface area contributed by atoms with E-state index in [1.807, 2.05) is 14.0 Å². The normalized spacial score (nSPS) is 13.5. The van der Waals surface area contributed by atoms with E-state index < -0.39 is 0 Å². The number of hydrogen-bond donors (Lipinski definition) is 2. The summed E-state index contributed by atoms with van der Waals surface area (Å²) in [6.07, 6.45) is 4.97. The monoisotopic (exact) mass is 242 g/mol. The molecule has 0 saturated carbocycles. The van der Waals surface area contributed by atoms with Gasteiger partial charge >= 0.3 is 0 Å². The topological polar surface area (TPSA) is 41.1 Å². The van der Waals surface area contributed by atoms with Gasteiger partial charge in [-0.3, -0.25) is 4.79 Å². The molecule has 0 bridgehead atoms. The highest BCUT2D eigenvalue weighted by molar-refractivity contribution is 5.78. The Morgan fingerprint density at radius 2 is 1.94 bits per heavy atom. The number of rotatable bonds is 9. The Morgan fingerprint density at radius 3 is 2.47 bits per heavy atom. The summed E-state index contributed by atoms with van der Waals surface area (Å²) in [5.74, 6) is 0.203. The Balaban J connectivity index is 3.87. The zero-order valence-electron chi connectivity index (χ0n) is 12.2. The lowest BCUT2D eigenvalue weighted by atomic mass is 9.86. The molecule has 0 spiro atoms. The van der Waals surface area contributed by atoms with Crippen molar-refractivity contribution in [3.63, 3.8) is 0 Å². The van der Waals surface area contributed by atoms with Crippen LogP contribution in [0.3, 0.4) is 0 Å². The fourth-order valence-corrected chi connectivity index (χ4v) is 1.84. The van der Waals surface area contributed by atoms with Crippen molar-refractivity contribution in [3.8, 4) is 0 Å². The van der Waals surface area contributed by atoms with E-state index in [0.29, 0.717) is 0 Å². The molecule has 0 aromatic heterocycles. The molecule has 0 aromatic rings. The third-order valence-corrected chi connectivity index (χ3v) is 3.16. The molecule has 0 radical (unpaired) electrons.